The van der Waals surface area contributed by atoms with E-state index in [1.807, 2.05) is 0 Å². The molecule has 1 aromatic heterocycles. The zero-order valence-corrected chi connectivity index (χ0v) is 14.8. The predicted molar refractivity (Wildman–Crippen MR) is 97.1 cm³/mol. The molecule has 1 amide bonds. The average Bonchev–Trinajstić information content (AvgIpc) is 2.55. The van der Waals surface area contributed by atoms with E-state index in [0.717, 1.165) is 37.7 Å². The van der Waals surface area contributed by atoms with Gasteiger partial charge in [-0.2, -0.15) is 0 Å². The van der Waals surface area contributed by atoms with Gasteiger partial charge in [0.1, 0.15) is 18.0 Å². The van der Waals surface area contributed by atoms with Gasteiger partial charge in [-0.05, 0) is 37.0 Å². The quantitative estimate of drug-likeness (QED) is 0.883. The van der Waals surface area contributed by atoms with E-state index < -0.39 is 0 Å². The van der Waals surface area contributed by atoms with Crippen molar-refractivity contribution in [2.75, 3.05) is 23.3 Å². The third-order valence-electron chi connectivity index (χ3n) is 4.18. The summed E-state index contributed by atoms with van der Waals surface area (Å²) in [5, 5.41) is 3.55. The normalized spacial score (nSPS) is 15.4. The Hall–Kier alpha value is -1.85. The lowest BCUT2D eigenvalue weighted by molar-refractivity contribution is 0.102. The average molecular weight is 365 g/mol. The van der Waals surface area contributed by atoms with Crippen molar-refractivity contribution in [3.05, 3.63) is 46.2 Å². The van der Waals surface area contributed by atoms with Gasteiger partial charge in [-0.3, -0.25) is 4.79 Å². The summed E-state index contributed by atoms with van der Waals surface area (Å²) in [6, 6.07) is 6.55. The minimum atomic E-state index is -0.325. The highest BCUT2D eigenvalue weighted by Crippen LogP contribution is 2.24. The minimum absolute atomic E-state index is 0.305. The van der Waals surface area contributed by atoms with Crippen LogP contribution in [0.1, 0.15) is 30.1 Å². The molecule has 1 aromatic carbocycles. The predicted octanol–water partition coefficient (Wildman–Crippen LogP) is 4.27. The van der Waals surface area contributed by atoms with Crippen LogP contribution >= 0.6 is 23.2 Å². The van der Waals surface area contributed by atoms with E-state index in [0.29, 0.717) is 21.4 Å². The number of piperidine rings is 1. The van der Waals surface area contributed by atoms with Crippen LogP contribution in [0.5, 0.6) is 0 Å². The van der Waals surface area contributed by atoms with Crippen LogP contribution in [0.3, 0.4) is 0 Å². The van der Waals surface area contributed by atoms with Crippen molar-refractivity contribution in [3.8, 4) is 0 Å². The Kier molecular flexibility index (Phi) is 5.21. The second-order valence-electron chi connectivity index (χ2n) is 6.01. The van der Waals surface area contributed by atoms with Gasteiger partial charge < -0.3 is 10.2 Å². The molecule has 1 fully saturated rings. The second kappa shape index (κ2) is 7.36. The van der Waals surface area contributed by atoms with Crippen molar-refractivity contribution in [2.24, 2.45) is 5.92 Å². The molecular weight excluding hydrogens is 347 g/mol. The van der Waals surface area contributed by atoms with Crippen molar-refractivity contribution in [2.45, 2.75) is 19.8 Å². The van der Waals surface area contributed by atoms with Gasteiger partial charge >= 0.3 is 0 Å². The molecule has 0 atom stereocenters. The third kappa shape index (κ3) is 3.97. The zero-order valence-electron chi connectivity index (χ0n) is 13.3. The van der Waals surface area contributed by atoms with Gasteiger partial charge in [-0.15, -0.1) is 0 Å². The molecular formula is C17H18Cl2N4O. The number of benzene rings is 1. The van der Waals surface area contributed by atoms with Crippen molar-refractivity contribution < 1.29 is 4.79 Å². The summed E-state index contributed by atoms with van der Waals surface area (Å²) in [5.74, 6) is 1.70. The van der Waals surface area contributed by atoms with Crippen LogP contribution in [0.15, 0.2) is 30.6 Å². The molecule has 2 aromatic rings. The molecule has 5 nitrogen and oxygen atoms in total. The first-order valence-corrected chi connectivity index (χ1v) is 8.62. The number of hydrogen-bond acceptors (Lipinski definition) is 4. The van der Waals surface area contributed by atoms with E-state index >= 15 is 0 Å². The summed E-state index contributed by atoms with van der Waals surface area (Å²) >= 11 is 11.9. The largest absolute Gasteiger partial charge is 0.356 e. The summed E-state index contributed by atoms with van der Waals surface area (Å²) in [5.41, 5.74) is 0.355. The van der Waals surface area contributed by atoms with Crippen LogP contribution < -0.4 is 10.2 Å². The molecule has 3 rings (SSSR count). The van der Waals surface area contributed by atoms with Gasteiger partial charge in [0, 0.05) is 24.2 Å². The lowest BCUT2D eigenvalue weighted by atomic mass is 9.99. The summed E-state index contributed by atoms with van der Waals surface area (Å²) in [7, 11) is 0. The summed E-state index contributed by atoms with van der Waals surface area (Å²) in [4.78, 5) is 23.0. The van der Waals surface area contributed by atoms with Crippen molar-refractivity contribution in [3.63, 3.8) is 0 Å². The van der Waals surface area contributed by atoms with Crippen LogP contribution in [-0.4, -0.2) is 29.0 Å². The number of carbonyl (C=O) groups excluding carboxylic acids is 1. The molecule has 1 saturated heterocycles. The highest BCUT2D eigenvalue weighted by molar-refractivity contribution is 6.37. The molecule has 126 valence electrons. The molecule has 0 saturated carbocycles. The van der Waals surface area contributed by atoms with Crippen molar-refractivity contribution in [1.82, 2.24) is 9.97 Å². The molecule has 7 heteroatoms. The molecule has 0 unspecified atom stereocenters. The van der Waals surface area contributed by atoms with Crippen molar-refractivity contribution >= 4 is 40.7 Å². The topological polar surface area (TPSA) is 58.1 Å². The molecule has 0 radical (unpaired) electrons. The highest BCUT2D eigenvalue weighted by Gasteiger charge is 2.18. The lowest BCUT2D eigenvalue weighted by Gasteiger charge is -2.31. The molecule has 1 aliphatic rings. The van der Waals surface area contributed by atoms with Gasteiger partial charge in [0.15, 0.2) is 0 Å². The standard InChI is InChI=1S/C17H18Cl2N4O/c1-11-4-6-23(7-5-11)16-9-15(20-10-21-16)22-17(24)13-3-2-12(18)8-14(13)19/h2-3,8-11H,4-7H2,1H3,(H,20,21,22,24). The van der Waals surface area contributed by atoms with E-state index in [4.69, 9.17) is 23.2 Å². The number of rotatable bonds is 3. The van der Waals surface area contributed by atoms with Gasteiger partial charge in [-0.25, -0.2) is 9.97 Å². The third-order valence-corrected chi connectivity index (χ3v) is 4.73. The summed E-state index contributed by atoms with van der Waals surface area (Å²) in [6.45, 7) is 4.20. The summed E-state index contributed by atoms with van der Waals surface area (Å²) in [6.07, 6.45) is 3.75. The Morgan fingerprint density at radius 2 is 1.96 bits per heavy atom. The van der Waals surface area contributed by atoms with Crippen LogP contribution in [0, 0.1) is 5.92 Å². The second-order valence-corrected chi connectivity index (χ2v) is 6.85. The zero-order chi connectivity index (χ0) is 17.1. The number of halogens is 2. The number of hydrogen-bond donors (Lipinski definition) is 1. The minimum Gasteiger partial charge on any atom is -0.356 e. The Morgan fingerprint density at radius 1 is 1.21 bits per heavy atom. The number of amides is 1. The molecule has 1 aliphatic heterocycles. The Balaban J connectivity index is 1.73. The highest BCUT2D eigenvalue weighted by atomic mass is 35.5. The number of nitrogens with one attached hydrogen (secondary N) is 1. The van der Waals surface area contributed by atoms with E-state index in [-0.39, 0.29) is 5.91 Å². The van der Waals surface area contributed by atoms with Crippen LogP contribution in [0.25, 0.3) is 0 Å². The first-order chi connectivity index (χ1) is 11.5. The fraction of sp³-hybridized carbons (Fsp3) is 0.353. The van der Waals surface area contributed by atoms with Crippen LogP contribution in [-0.2, 0) is 0 Å². The molecule has 0 bridgehead atoms. The van der Waals surface area contributed by atoms with Gasteiger partial charge in [-0.1, -0.05) is 30.1 Å². The molecule has 24 heavy (non-hydrogen) atoms. The summed E-state index contributed by atoms with van der Waals surface area (Å²) < 4.78 is 0. The Bertz CT molecular complexity index is 745. The molecule has 0 spiro atoms. The molecule has 2 heterocycles. The first kappa shape index (κ1) is 17.0. The lowest BCUT2D eigenvalue weighted by Crippen LogP contribution is -2.33. The first-order valence-electron chi connectivity index (χ1n) is 7.86. The number of nitrogens with zero attached hydrogens (tertiary/aromatic N) is 3. The fourth-order valence-corrected chi connectivity index (χ4v) is 3.18. The van der Waals surface area contributed by atoms with E-state index in [1.165, 1.54) is 6.33 Å². The van der Waals surface area contributed by atoms with Gasteiger partial charge in [0.05, 0.1) is 10.6 Å². The number of anilines is 2. The maximum atomic E-state index is 12.4. The van der Waals surface area contributed by atoms with E-state index in [1.54, 1.807) is 24.3 Å². The van der Waals surface area contributed by atoms with E-state index in [9.17, 15) is 4.79 Å². The smallest absolute Gasteiger partial charge is 0.258 e. The van der Waals surface area contributed by atoms with Gasteiger partial charge in [0.2, 0.25) is 0 Å². The Morgan fingerprint density at radius 3 is 2.67 bits per heavy atom. The maximum Gasteiger partial charge on any atom is 0.258 e. The maximum absolute atomic E-state index is 12.4. The van der Waals surface area contributed by atoms with E-state index in [2.05, 4.69) is 27.1 Å². The molecule has 1 N–H and O–H groups in total. The SMILES string of the molecule is CC1CCN(c2cc(NC(=O)c3ccc(Cl)cc3Cl)ncn2)CC1. The fourth-order valence-electron chi connectivity index (χ4n) is 2.68. The van der Waals surface area contributed by atoms with Gasteiger partial charge in [0.25, 0.3) is 5.91 Å². The Labute approximate surface area is 151 Å². The van der Waals surface area contributed by atoms with Crippen LogP contribution in [0.2, 0.25) is 10.0 Å². The number of carbonyl (C=O) groups is 1. The number of aromatic nitrogens is 2. The van der Waals surface area contributed by atoms with Crippen molar-refractivity contribution in [1.29, 1.82) is 0 Å². The monoisotopic (exact) mass is 364 g/mol. The molecule has 0 aliphatic carbocycles. The van der Waals surface area contributed by atoms with Crippen LogP contribution in [0.4, 0.5) is 11.6 Å².